The number of carbonyl (C=O) groups is 2. The standard InChI is InChI=1S/C19H24N2O3/c1-14(2)16(15-8-5-4-6-9-15)12-20-18(22)13-21(3)19(23)17-10-7-11-24-17/h4-11,14,16H,12-13H2,1-3H3,(H,20,22). The van der Waals surface area contributed by atoms with Crippen molar-refractivity contribution in [2.75, 3.05) is 20.1 Å². The molecule has 0 bridgehead atoms. The summed E-state index contributed by atoms with van der Waals surface area (Å²) in [6.07, 6.45) is 1.44. The number of likely N-dealkylation sites (N-methyl/N-ethyl adjacent to an activating group) is 1. The molecule has 0 fully saturated rings. The third-order valence-corrected chi connectivity index (χ3v) is 4.01. The normalized spacial score (nSPS) is 12.0. The lowest BCUT2D eigenvalue weighted by molar-refractivity contribution is -0.121. The lowest BCUT2D eigenvalue weighted by Gasteiger charge is -2.23. The molecule has 0 aliphatic carbocycles. The lowest BCUT2D eigenvalue weighted by Crippen LogP contribution is -2.40. The van der Waals surface area contributed by atoms with E-state index in [9.17, 15) is 9.59 Å². The van der Waals surface area contributed by atoms with Gasteiger partial charge in [-0.1, -0.05) is 44.2 Å². The van der Waals surface area contributed by atoms with Crippen LogP contribution in [0, 0.1) is 5.92 Å². The Hall–Kier alpha value is -2.56. The van der Waals surface area contributed by atoms with Crippen molar-refractivity contribution in [1.29, 1.82) is 0 Å². The van der Waals surface area contributed by atoms with E-state index in [1.54, 1.807) is 19.2 Å². The number of rotatable bonds is 7. The van der Waals surface area contributed by atoms with Crippen LogP contribution in [0.5, 0.6) is 0 Å². The first-order valence-electron chi connectivity index (χ1n) is 8.09. The van der Waals surface area contributed by atoms with Gasteiger partial charge in [-0.3, -0.25) is 9.59 Å². The number of benzene rings is 1. The largest absolute Gasteiger partial charge is 0.459 e. The van der Waals surface area contributed by atoms with Crippen molar-refractivity contribution in [3.63, 3.8) is 0 Å². The molecule has 0 aliphatic heterocycles. The number of amides is 2. The van der Waals surface area contributed by atoms with Gasteiger partial charge in [0, 0.05) is 19.5 Å². The fraction of sp³-hybridized carbons (Fsp3) is 0.368. The SMILES string of the molecule is CC(C)C(CNC(=O)CN(C)C(=O)c1ccco1)c1ccccc1. The van der Waals surface area contributed by atoms with Crippen LogP contribution in [0.3, 0.4) is 0 Å². The van der Waals surface area contributed by atoms with Gasteiger partial charge in [0.1, 0.15) is 0 Å². The maximum atomic E-state index is 12.2. The number of carbonyl (C=O) groups excluding carboxylic acids is 2. The van der Waals surface area contributed by atoms with E-state index in [-0.39, 0.29) is 30.0 Å². The molecule has 0 saturated heterocycles. The summed E-state index contributed by atoms with van der Waals surface area (Å²) in [5.74, 6) is 0.378. The van der Waals surface area contributed by atoms with Gasteiger partial charge in [0.2, 0.25) is 5.91 Å². The first-order chi connectivity index (χ1) is 11.5. The molecule has 1 heterocycles. The Morgan fingerprint density at radius 1 is 1.12 bits per heavy atom. The molecular formula is C19H24N2O3. The molecule has 2 amide bonds. The number of nitrogens with zero attached hydrogens (tertiary/aromatic N) is 1. The van der Waals surface area contributed by atoms with Gasteiger partial charge < -0.3 is 14.6 Å². The van der Waals surface area contributed by atoms with Crippen LogP contribution in [0.15, 0.2) is 53.1 Å². The van der Waals surface area contributed by atoms with Gasteiger partial charge in [-0.15, -0.1) is 0 Å². The molecule has 1 aromatic heterocycles. The van der Waals surface area contributed by atoms with Crippen LogP contribution < -0.4 is 5.32 Å². The first kappa shape index (κ1) is 17.8. The van der Waals surface area contributed by atoms with E-state index >= 15 is 0 Å². The quantitative estimate of drug-likeness (QED) is 0.850. The molecule has 1 unspecified atom stereocenters. The Labute approximate surface area is 142 Å². The summed E-state index contributed by atoms with van der Waals surface area (Å²) in [6, 6.07) is 13.4. The summed E-state index contributed by atoms with van der Waals surface area (Å²) in [4.78, 5) is 25.6. The monoisotopic (exact) mass is 328 g/mol. The van der Waals surface area contributed by atoms with Crippen molar-refractivity contribution in [2.45, 2.75) is 19.8 Å². The zero-order chi connectivity index (χ0) is 17.5. The molecule has 0 saturated carbocycles. The van der Waals surface area contributed by atoms with Gasteiger partial charge in [-0.25, -0.2) is 0 Å². The molecule has 5 nitrogen and oxygen atoms in total. The molecule has 24 heavy (non-hydrogen) atoms. The Bertz CT molecular complexity index is 651. The van der Waals surface area contributed by atoms with E-state index in [0.717, 1.165) is 0 Å². The number of nitrogens with one attached hydrogen (secondary N) is 1. The van der Waals surface area contributed by atoms with Crippen molar-refractivity contribution in [3.05, 3.63) is 60.1 Å². The second-order valence-electron chi connectivity index (χ2n) is 6.20. The molecule has 1 atom stereocenters. The zero-order valence-electron chi connectivity index (χ0n) is 14.4. The van der Waals surface area contributed by atoms with E-state index in [0.29, 0.717) is 12.5 Å². The Morgan fingerprint density at radius 3 is 2.42 bits per heavy atom. The minimum atomic E-state index is -0.307. The number of hydrogen-bond donors (Lipinski definition) is 1. The molecular weight excluding hydrogens is 304 g/mol. The first-order valence-corrected chi connectivity index (χ1v) is 8.09. The highest BCUT2D eigenvalue weighted by Crippen LogP contribution is 2.23. The fourth-order valence-corrected chi connectivity index (χ4v) is 2.59. The average Bonchev–Trinajstić information content (AvgIpc) is 3.09. The molecule has 0 aliphatic rings. The minimum Gasteiger partial charge on any atom is -0.459 e. The third-order valence-electron chi connectivity index (χ3n) is 4.01. The van der Waals surface area contributed by atoms with Crippen LogP contribution in [-0.2, 0) is 4.79 Å². The van der Waals surface area contributed by atoms with Crippen LogP contribution in [0.1, 0.15) is 35.9 Å². The van der Waals surface area contributed by atoms with Crippen LogP contribution in [-0.4, -0.2) is 36.9 Å². The highest BCUT2D eigenvalue weighted by atomic mass is 16.3. The van der Waals surface area contributed by atoms with Crippen LogP contribution >= 0.6 is 0 Å². The van der Waals surface area contributed by atoms with Crippen LogP contribution in [0.2, 0.25) is 0 Å². The van der Waals surface area contributed by atoms with Gasteiger partial charge in [-0.05, 0) is 23.6 Å². The Kier molecular flexibility index (Phi) is 6.18. The van der Waals surface area contributed by atoms with Gasteiger partial charge in [0.15, 0.2) is 5.76 Å². The summed E-state index contributed by atoms with van der Waals surface area (Å²) in [6.45, 7) is 4.81. The Balaban J connectivity index is 1.88. The van der Waals surface area contributed by atoms with Crippen LogP contribution in [0.25, 0.3) is 0 Å². The minimum absolute atomic E-state index is 0.000855. The molecule has 2 aromatic rings. The van der Waals surface area contributed by atoms with E-state index in [4.69, 9.17) is 4.42 Å². The topological polar surface area (TPSA) is 62.6 Å². The summed E-state index contributed by atoms with van der Waals surface area (Å²) < 4.78 is 5.06. The van der Waals surface area contributed by atoms with E-state index in [2.05, 4.69) is 31.3 Å². The van der Waals surface area contributed by atoms with Gasteiger partial charge in [-0.2, -0.15) is 0 Å². The lowest BCUT2D eigenvalue weighted by atomic mass is 9.88. The summed E-state index contributed by atoms with van der Waals surface area (Å²) >= 11 is 0. The summed E-state index contributed by atoms with van der Waals surface area (Å²) in [5, 5.41) is 2.93. The van der Waals surface area contributed by atoms with Crippen molar-refractivity contribution in [1.82, 2.24) is 10.2 Å². The highest BCUT2D eigenvalue weighted by molar-refractivity contribution is 5.94. The molecule has 0 spiro atoms. The third kappa shape index (κ3) is 4.72. The van der Waals surface area contributed by atoms with Crippen molar-refractivity contribution >= 4 is 11.8 Å². The maximum Gasteiger partial charge on any atom is 0.289 e. The van der Waals surface area contributed by atoms with Crippen molar-refractivity contribution in [3.8, 4) is 0 Å². The van der Waals surface area contributed by atoms with Crippen molar-refractivity contribution < 1.29 is 14.0 Å². The molecule has 1 aromatic carbocycles. The predicted octanol–water partition coefficient (Wildman–Crippen LogP) is 2.91. The summed E-state index contributed by atoms with van der Waals surface area (Å²) in [5.41, 5.74) is 1.20. The van der Waals surface area contributed by atoms with Crippen LogP contribution in [0.4, 0.5) is 0 Å². The summed E-state index contributed by atoms with van der Waals surface area (Å²) in [7, 11) is 1.58. The second kappa shape index (κ2) is 8.34. The molecule has 2 rings (SSSR count). The molecule has 5 heteroatoms. The van der Waals surface area contributed by atoms with E-state index in [1.807, 2.05) is 18.2 Å². The van der Waals surface area contributed by atoms with E-state index < -0.39 is 0 Å². The molecule has 128 valence electrons. The van der Waals surface area contributed by atoms with Gasteiger partial charge >= 0.3 is 0 Å². The van der Waals surface area contributed by atoms with Crippen molar-refractivity contribution in [2.24, 2.45) is 5.92 Å². The smallest absolute Gasteiger partial charge is 0.289 e. The molecule has 1 N–H and O–H groups in total. The average molecular weight is 328 g/mol. The zero-order valence-corrected chi connectivity index (χ0v) is 14.4. The second-order valence-corrected chi connectivity index (χ2v) is 6.20. The Morgan fingerprint density at radius 2 is 1.83 bits per heavy atom. The molecule has 0 radical (unpaired) electrons. The maximum absolute atomic E-state index is 12.2. The van der Waals surface area contributed by atoms with E-state index in [1.165, 1.54) is 16.7 Å². The number of hydrogen-bond acceptors (Lipinski definition) is 3. The van der Waals surface area contributed by atoms with Gasteiger partial charge in [0.25, 0.3) is 5.91 Å². The highest BCUT2D eigenvalue weighted by Gasteiger charge is 2.19. The van der Waals surface area contributed by atoms with Gasteiger partial charge in [0.05, 0.1) is 12.8 Å². The fourth-order valence-electron chi connectivity index (χ4n) is 2.59. The predicted molar refractivity (Wildman–Crippen MR) is 92.7 cm³/mol. The number of furan rings is 1.